The largest absolute Gasteiger partial charge is 0.350 e. The number of aryl methyl sites for hydroxylation is 3. The van der Waals surface area contributed by atoms with E-state index in [0.717, 1.165) is 22.8 Å². The first-order valence-electron chi connectivity index (χ1n) is 7.93. The summed E-state index contributed by atoms with van der Waals surface area (Å²) in [6.45, 7) is 6.81. The standard InChI is InChI=1S/C19H21N5/c1-13-5-4-6-14(2)18(13)23-17-11-15(3)22-19(24-17)21-12-16-7-9-20-10-8-16/h4-11H,12H2,1-3H3,(H2,21,22,23,24). The summed E-state index contributed by atoms with van der Waals surface area (Å²) in [6.07, 6.45) is 3.56. The van der Waals surface area contributed by atoms with E-state index in [-0.39, 0.29) is 0 Å². The van der Waals surface area contributed by atoms with Crippen LogP contribution >= 0.6 is 0 Å². The molecule has 122 valence electrons. The lowest BCUT2D eigenvalue weighted by Crippen LogP contribution is -2.07. The predicted octanol–water partition coefficient (Wildman–Crippen LogP) is 4.15. The molecule has 24 heavy (non-hydrogen) atoms. The molecular formula is C19H21N5. The molecular weight excluding hydrogens is 298 g/mol. The minimum Gasteiger partial charge on any atom is -0.350 e. The Balaban J connectivity index is 1.79. The van der Waals surface area contributed by atoms with Gasteiger partial charge in [-0.25, -0.2) is 4.98 Å². The van der Waals surface area contributed by atoms with Gasteiger partial charge in [-0.05, 0) is 49.6 Å². The number of nitrogens with one attached hydrogen (secondary N) is 2. The third-order valence-corrected chi connectivity index (χ3v) is 3.79. The van der Waals surface area contributed by atoms with Crippen LogP contribution in [0.1, 0.15) is 22.4 Å². The number of anilines is 3. The van der Waals surface area contributed by atoms with Gasteiger partial charge in [0.15, 0.2) is 0 Å². The van der Waals surface area contributed by atoms with Gasteiger partial charge in [-0.15, -0.1) is 0 Å². The third kappa shape index (κ3) is 3.87. The van der Waals surface area contributed by atoms with Crippen LogP contribution in [0.4, 0.5) is 17.5 Å². The van der Waals surface area contributed by atoms with Gasteiger partial charge in [0.2, 0.25) is 5.95 Å². The van der Waals surface area contributed by atoms with Crippen LogP contribution in [0.25, 0.3) is 0 Å². The molecule has 5 nitrogen and oxygen atoms in total. The average Bonchev–Trinajstić information content (AvgIpc) is 2.57. The van der Waals surface area contributed by atoms with Gasteiger partial charge in [0.1, 0.15) is 5.82 Å². The van der Waals surface area contributed by atoms with E-state index >= 15 is 0 Å². The highest BCUT2D eigenvalue weighted by Crippen LogP contribution is 2.24. The first-order chi connectivity index (χ1) is 11.6. The van der Waals surface area contributed by atoms with Gasteiger partial charge in [-0.2, -0.15) is 4.98 Å². The molecule has 0 spiro atoms. The molecule has 0 amide bonds. The van der Waals surface area contributed by atoms with Gasteiger partial charge in [0.25, 0.3) is 0 Å². The Kier molecular flexibility index (Phi) is 4.70. The molecule has 0 unspecified atom stereocenters. The molecule has 2 N–H and O–H groups in total. The second-order valence-corrected chi connectivity index (χ2v) is 5.82. The highest BCUT2D eigenvalue weighted by Gasteiger charge is 2.06. The maximum Gasteiger partial charge on any atom is 0.225 e. The molecule has 0 aliphatic heterocycles. The maximum atomic E-state index is 4.58. The van der Waals surface area contributed by atoms with E-state index < -0.39 is 0 Å². The smallest absolute Gasteiger partial charge is 0.225 e. The van der Waals surface area contributed by atoms with Gasteiger partial charge in [-0.3, -0.25) is 4.98 Å². The van der Waals surface area contributed by atoms with Crippen molar-refractivity contribution in [2.45, 2.75) is 27.3 Å². The lowest BCUT2D eigenvalue weighted by atomic mass is 10.1. The van der Waals surface area contributed by atoms with Crippen LogP contribution in [0, 0.1) is 20.8 Å². The van der Waals surface area contributed by atoms with Crippen molar-refractivity contribution in [2.24, 2.45) is 0 Å². The zero-order valence-corrected chi connectivity index (χ0v) is 14.2. The molecule has 3 aromatic rings. The second-order valence-electron chi connectivity index (χ2n) is 5.82. The predicted molar refractivity (Wildman–Crippen MR) is 97.5 cm³/mol. The van der Waals surface area contributed by atoms with E-state index in [1.54, 1.807) is 12.4 Å². The number of nitrogens with zero attached hydrogens (tertiary/aromatic N) is 3. The lowest BCUT2D eigenvalue weighted by molar-refractivity contribution is 1.03. The zero-order chi connectivity index (χ0) is 16.9. The van der Waals surface area contributed by atoms with Crippen molar-refractivity contribution < 1.29 is 0 Å². The SMILES string of the molecule is Cc1cc(Nc2c(C)cccc2C)nc(NCc2ccncc2)n1. The Bertz CT molecular complexity index is 810. The summed E-state index contributed by atoms with van der Waals surface area (Å²) in [4.78, 5) is 13.1. The molecule has 0 bridgehead atoms. The molecule has 3 rings (SSSR count). The van der Waals surface area contributed by atoms with Crippen LogP contribution in [0.3, 0.4) is 0 Å². The van der Waals surface area contributed by atoms with Gasteiger partial charge < -0.3 is 10.6 Å². The van der Waals surface area contributed by atoms with E-state index in [4.69, 9.17) is 0 Å². The number of aromatic nitrogens is 3. The Hall–Kier alpha value is -2.95. The van der Waals surface area contributed by atoms with Crippen molar-refractivity contribution >= 4 is 17.5 Å². The topological polar surface area (TPSA) is 62.7 Å². The highest BCUT2D eigenvalue weighted by molar-refractivity contribution is 5.65. The molecule has 2 aromatic heterocycles. The van der Waals surface area contributed by atoms with E-state index in [1.165, 1.54) is 11.1 Å². The summed E-state index contributed by atoms with van der Waals surface area (Å²) in [5.74, 6) is 1.40. The Morgan fingerprint density at radius 1 is 0.917 bits per heavy atom. The molecule has 0 aliphatic carbocycles. The van der Waals surface area contributed by atoms with Crippen molar-refractivity contribution in [1.82, 2.24) is 15.0 Å². The van der Waals surface area contributed by atoms with Crippen LogP contribution in [-0.2, 0) is 6.54 Å². The van der Waals surface area contributed by atoms with Crippen molar-refractivity contribution in [2.75, 3.05) is 10.6 Å². The Morgan fingerprint density at radius 2 is 1.62 bits per heavy atom. The number of pyridine rings is 1. The fourth-order valence-electron chi connectivity index (χ4n) is 2.53. The summed E-state index contributed by atoms with van der Waals surface area (Å²) in [5.41, 5.74) is 5.53. The summed E-state index contributed by atoms with van der Waals surface area (Å²) >= 11 is 0. The molecule has 0 radical (unpaired) electrons. The normalized spacial score (nSPS) is 10.5. The molecule has 5 heteroatoms. The fourth-order valence-corrected chi connectivity index (χ4v) is 2.53. The van der Waals surface area contributed by atoms with E-state index in [9.17, 15) is 0 Å². The van der Waals surface area contributed by atoms with Crippen molar-refractivity contribution in [3.8, 4) is 0 Å². The molecule has 0 saturated heterocycles. The van der Waals surface area contributed by atoms with E-state index in [0.29, 0.717) is 12.5 Å². The summed E-state index contributed by atoms with van der Waals surface area (Å²) in [6, 6.07) is 12.1. The summed E-state index contributed by atoms with van der Waals surface area (Å²) in [5, 5.41) is 6.69. The lowest BCUT2D eigenvalue weighted by Gasteiger charge is -2.13. The maximum absolute atomic E-state index is 4.58. The first kappa shape index (κ1) is 15.9. The van der Waals surface area contributed by atoms with Crippen LogP contribution < -0.4 is 10.6 Å². The quantitative estimate of drug-likeness (QED) is 0.739. The van der Waals surface area contributed by atoms with Crippen LogP contribution in [0.2, 0.25) is 0 Å². The number of hydrogen-bond acceptors (Lipinski definition) is 5. The molecule has 0 atom stereocenters. The first-order valence-corrected chi connectivity index (χ1v) is 7.93. The third-order valence-electron chi connectivity index (χ3n) is 3.79. The highest BCUT2D eigenvalue weighted by atomic mass is 15.1. The Labute approximate surface area is 142 Å². The number of rotatable bonds is 5. The van der Waals surface area contributed by atoms with Crippen LogP contribution in [0.15, 0.2) is 48.8 Å². The molecule has 0 aliphatic rings. The molecule has 0 saturated carbocycles. The second kappa shape index (κ2) is 7.08. The summed E-state index contributed by atoms with van der Waals surface area (Å²) < 4.78 is 0. The van der Waals surface area contributed by atoms with Crippen molar-refractivity contribution in [1.29, 1.82) is 0 Å². The number of para-hydroxylation sites is 1. The minimum atomic E-state index is 0.612. The van der Waals surface area contributed by atoms with Crippen LogP contribution in [-0.4, -0.2) is 15.0 Å². The van der Waals surface area contributed by atoms with Gasteiger partial charge in [0.05, 0.1) is 0 Å². The van der Waals surface area contributed by atoms with Crippen molar-refractivity contribution in [3.05, 3.63) is 71.2 Å². The molecule has 0 fully saturated rings. The van der Waals surface area contributed by atoms with Crippen molar-refractivity contribution in [3.63, 3.8) is 0 Å². The van der Waals surface area contributed by atoms with E-state index in [2.05, 4.69) is 57.6 Å². The monoisotopic (exact) mass is 319 g/mol. The Morgan fingerprint density at radius 3 is 2.33 bits per heavy atom. The van der Waals surface area contributed by atoms with Gasteiger partial charge in [0, 0.05) is 36.4 Å². The van der Waals surface area contributed by atoms with Gasteiger partial charge in [-0.1, -0.05) is 18.2 Å². The molecule has 1 aromatic carbocycles. The summed E-state index contributed by atoms with van der Waals surface area (Å²) in [7, 11) is 0. The van der Waals surface area contributed by atoms with E-state index in [1.807, 2.05) is 25.1 Å². The van der Waals surface area contributed by atoms with Gasteiger partial charge >= 0.3 is 0 Å². The number of hydrogen-bond donors (Lipinski definition) is 2. The van der Waals surface area contributed by atoms with Crippen LogP contribution in [0.5, 0.6) is 0 Å². The minimum absolute atomic E-state index is 0.612. The fraction of sp³-hybridized carbons (Fsp3) is 0.211. The molecule has 2 heterocycles. The zero-order valence-electron chi connectivity index (χ0n) is 14.2. The average molecular weight is 319 g/mol. The number of benzene rings is 1.